The number of carbonyl (C=O) groups excluding carboxylic acids is 3. The van der Waals surface area contributed by atoms with Crippen LogP contribution in [0.15, 0.2) is 91.0 Å². The van der Waals surface area contributed by atoms with Crippen LogP contribution in [0.5, 0.6) is 0 Å². The molecule has 0 spiro atoms. The van der Waals surface area contributed by atoms with Gasteiger partial charge in [0.15, 0.2) is 0 Å². The monoisotopic (exact) mass is 732 g/mol. The summed E-state index contributed by atoms with van der Waals surface area (Å²) in [6.45, 7) is 1.97. The van der Waals surface area contributed by atoms with Gasteiger partial charge in [0.25, 0.3) is 0 Å². The first-order valence-corrected chi connectivity index (χ1v) is 17.7. The van der Waals surface area contributed by atoms with Crippen LogP contribution in [0.25, 0.3) is 6.08 Å². The Hall–Kier alpha value is -3.50. The predicted molar refractivity (Wildman–Crippen MR) is 192 cm³/mol. The van der Waals surface area contributed by atoms with E-state index in [4.69, 9.17) is 0 Å². The molecule has 0 unspecified atom stereocenters. The first-order chi connectivity index (χ1) is 22.5. The van der Waals surface area contributed by atoms with Crippen molar-refractivity contribution in [3.05, 3.63) is 111 Å². The third-order valence-electron chi connectivity index (χ3n) is 9.13. The van der Waals surface area contributed by atoms with E-state index < -0.39 is 6.04 Å². The Morgan fingerprint density at radius 2 is 1.52 bits per heavy atom. The molecule has 0 bridgehead atoms. The minimum absolute atomic E-state index is 0.0284. The molecule has 3 aromatic carbocycles. The Labute approximate surface area is 286 Å². The van der Waals surface area contributed by atoms with Crippen molar-refractivity contribution >= 4 is 46.4 Å². The summed E-state index contributed by atoms with van der Waals surface area (Å²) in [5.41, 5.74) is 3.29. The van der Waals surface area contributed by atoms with Crippen molar-refractivity contribution in [1.29, 1.82) is 0 Å². The SMILES string of the molecule is O=C(/C=C/c1ccc(I)cc1)NC[C@@H]1CCN(CC(c2ccccc2)c2ccccc2)C(=O)[C@H](CCNC(=O)C2CCCCC2)N1. The molecule has 2 aliphatic rings. The van der Waals surface area contributed by atoms with Crippen LogP contribution in [0.1, 0.15) is 67.6 Å². The summed E-state index contributed by atoms with van der Waals surface area (Å²) in [4.78, 5) is 41.7. The second kappa shape index (κ2) is 17.4. The summed E-state index contributed by atoms with van der Waals surface area (Å²) in [7, 11) is 0. The quantitative estimate of drug-likeness (QED) is 0.160. The fraction of sp³-hybridized carbons (Fsp3) is 0.395. The average Bonchev–Trinajstić information content (AvgIpc) is 3.24. The summed E-state index contributed by atoms with van der Waals surface area (Å²) >= 11 is 2.26. The lowest BCUT2D eigenvalue weighted by Gasteiger charge is -2.29. The van der Waals surface area contributed by atoms with Gasteiger partial charge in [0, 0.05) is 53.7 Å². The van der Waals surface area contributed by atoms with E-state index in [0.717, 1.165) is 34.8 Å². The zero-order valence-electron chi connectivity index (χ0n) is 26.4. The normalized spacial score (nSPS) is 19.3. The van der Waals surface area contributed by atoms with Crippen LogP contribution in [0.2, 0.25) is 0 Å². The van der Waals surface area contributed by atoms with Gasteiger partial charge in [0.2, 0.25) is 17.7 Å². The lowest BCUT2D eigenvalue weighted by Crippen LogP contribution is -2.50. The maximum Gasteiger partial charge on any atom is 0.244 e. The highest BCUT2D eigenvalue weighted by atomic mass is 127. The van der Waals surface area contributed by atoms with E-state index in [1.807, 2.05) is 71.6 Å². The Balaban J connectivity index is 1.27. The number of hydrogen-bond donors (Lipinski definition) is 3. The van der Waals surface area contributed by atoms with Crippen LogP contribution in [-0.2, 0) is 14.4 Å². The standard InChI is InChI=1S/C38H45IN4O3/c39-32-19-16-28(17-20-32)18-21-36(44)41-26-33-23-25-43(27-34(29-10-4-1-5-11-29)30-12-6-2-7-13-30)38(46)35(42-33)22-24-40-37(45)31-14-8-3-9-15-31/h1-2,4-7,10-13,16-21,31,33-35,42H,3,8-9,14-15,22-27H2,(H,40,45)(H,41,44)/b21-18+/t33-,35-/m0/s1. The number of rotatable bonds is 12. The molecule has 1 aliphatic heterocycles. The third-order valence-corrected chi connectivity index (χ3v) is 9.85. The summed E-state index contributed by atoms with van der Waals surface area (Å²) < 4.78 is 1.14. The van der Waals surface area contributed by atoms with Crippen LogP contribution in [0.3, 0.4) is 0 Å². The third kappa shape index (κ3) is 10.00. The number of hydrogen-bond acceptors (Lipinski definition) is 4. The van der Waals surface area contributed by atoms with Crippen LogP contribution in [-0.4, -0.2) is 60.9 Å². The molecule has 1 aliphatic carbocycles. The van der Waals surface area contributed by atoms with Crippen LogP contribution < -0.4 is 16.0 Å². The fourth-order valence-electron chi connectivity index (χ4n) is 6.50. The minimum Gasteiger partial charge on any atom is -0.356 e. The summed E-state index contributed by atoms with van der Waals surface area (Å²) in [6, 6.07) is 28.1. The van der Waals surface area contributed by atoms with Gasteiger partial charge >= 0.3 is 0 Å². The van der Waals surface area contributed by atoms with Crippen molar-refractivity contribution in [2.24, 2.45) is 5.92 Å². The molecule has 3 aromatic rings. The predicted octanol–water partition coefficient (Wildman–Crippen LogP) is 5.90. The van der Waals surface area contributed by atoms with Gasteiger partial charge in [-0.2, -0.15) is 0 Å². The molecule has 8 heteroatoms. The molecule has 3 amide bonds. The first-order valence-electron chi connectivity index (χ1n) is 16.6. The number of nitrogens with one attached hydrogen (secondary N) is 3. The maximum atomic E-state index is 14.1. The zero-order chi connectivity index (χ0) is 32.1. The molecule has 2 fully saturated rings. The molecule has 3 N–H and O–H groups in total. The average molecular weight is 733 g/mol. The Morgan fingerprint density at radius 1 is 0.870 bits per heavy atom. The zero-order valence-corrected chi connectivity index (χ0v) is 28.5. The van der Waals surface area contributed by atoms with Gasteiger partial charge in [-0.15, -0.1) is 0 Å². The molecule has 7 nitrogen and oxygen atoms in total. The second-order valence-corrected chi connectivity index (χ2v) is 13.7. The number of halogens is 1. The van der Waals surface area contributed by atoms with Crippen molar-refractivity contribution in [3.8, 4) is 0 Å². The van der Waals surface area contributed by atoms with E-state index in [-0.39, 0.29) is 35.6 Å². The molecule has 242 valence electrons. The molecule has 1 heterocycles. The fourth-order valence-corrected chi connectivity index (χ4v) is 6.86. The van der Waals surface area contributed by atoms with Gasteiger partial charge in [-0.25, -0.2) is 0 Å². The molecule has 0 aromatic heterocycles. The highest BCUT2D eigenvalue weighted by molar-refractivity contribution is 14.1. The van der Waals surface area contributed by atoms with Gasteiger partial charge < -0.3 is 20.9 Å². The van der Waals surface area contributed by atoms with E-state index in [0.29, 0.717) is 39.0 Å². The molecular formula is C38H45IN4O3. The Morgan fingerprint density at radius 3 is 2.17 bits per heavy atom. The van der Waals surface area contributed by atoms with Crippen LogP contribution in [0.4, 0.5) is 0 Å². The van der Waals surface area contributed by atoms with E-state index in [1.165, 1.54) is 17.5 Å². The Bertz CT molecular complexity index is 1400. The van der Waals surface area contributed by atoms with E-state index in [9.17, 15) is 14.4 Å². The van der Waals surface area contributed by atoms with E-state index in [1.54, 1.807) is 6.08 Å². The lowest BCUT2D eigenvalue weighted by atomic mass is 9.88. The molecule has 2 atom stereocenters. The number of carbonyl (C=O) groups is 3. The molecule has 1 saturated heterocycles. The van der Waals surface area contributed by atoms with E-state index in [2.05, 4.69) is 62.8 Å². The maximum absolute atomic E-state index is 14.1. The summed E-state index contributed by atoms with van der Waals surface area (Å²) in [5, 5.41) is 9.71. The van der Waals surface area contributed by atoms with Crippen LogP contribution >= 0.6 is 22.6 Å². The molecule has 46 heavy (non-hydrogen) atoms. The number of nitrogens with zero attached hydrogens (tertiary/aromatic N) is 1. The van der Waals surface area contributed by atoms with Crippen molar-refractivity contribution < 1.29 is 14.4 Å². The topological polar surface area (TPSA) is 90.5 Å². The Kier molecular flexibility index (Phi) is 12.8. The van der Waals surface area contributed by atoms with Crippen LogP contribution in [0, 0.1) is 9.49 Å². The van der Waals surface area contributed by atoms with Gasteiger partial charge in [-0.1, -0.05) is 92.1 Å². The van der Waals surface area contributed by atoms with Crippen molar-refractivity contribution in [3.63, 3.8) is 0 Å². The van der Waals surface area contributed by atoms with Gasteiger partial charge in [-0.05, 0) is 83.2 Å². The summed E-state index contributed by atoms with van der Waals surface area (Å²) in [5.74, 6) is 0.0832. The van der Waals surface area contributed by atoms with Gasteiger partial charge in [-0.3, -0.25) is 14.4 Å². The molecule has 0 radical (unpaired) electrons. The second-order valence-electron chi connectivity index (χ2n) is 12.4. The smallest absolute Gasteiger partial charge is 0.244 e. The summed E-state index contributed by atoms with van der Waals surface area (Å²) in [6.07, 6.45) is 9.86. The largest absolute Gasteiger partial charge is 0.356 e. The highest BCUT2D eigenvalue weighted by Gasteiger charge is 2.33. The van der Waals surface area contributed by atoms with Gasteiger partial charge in [0.1, 0.15) is 0 Å². The van der Waals surface area contributed by atoms with Crippen molar-refractivity contribution in [1.82, 2.24) is 20.9 Å². The number of amides is 3. The van der Waals surface area contributed by atoms with Gasteiger partial charge in [0.05, 0.1) is 6.04 Å². The van der Waals surface area contributed by atoms with Crippen molar-refractivity contribution in [2.75, 3.05) is 26.2 Å². The molecule has 5 rings (SSSR count). The molecular weight excluding hydrogens is 687 g/mol. The molecule has 1 saturated carbocycles. The lowest BCUT2D eigenvalue weighted by molar-refractivity contribution is -0.133. The first kappa shape index (κ1) is 33.9. The highest BCUT2D eigenvalue weighted by Crippen LogP contribution is 2.27. The number of benzene rings is 3. The minimum atomic E-state index is -0.467. The van der Waals surface area contributed by atoms with E-state index >= 15 is 0 Å². The van der Waals surface area contributed by atoms with Crippen molar-refractivity contribution in [2.45, 2.75) is 62.9 Å².